The Kier molecular flexibility index (Phi) is 9.53. The SMILES string of the molecule is CC(C)(C)OC(=O)NC(CCCCNC(=O)OCc1ccc([N+](=O)[O-])cc1)C(=O)O. The average molecular weight is 425 g/mol. The number of carbonyl (C=O) groups is 3. The van der Waals surface area contributed by atoms with Gasteiger partial charge < -0.3 is 25.2 Å². The van der Waals surface area contributed by atoms with E-state index in [0.29, 0.717) is 18.4 Å². The number of non-ortho nitro benzene ring substituents is 1. The number of carboxylic acid groups (broad SMARTS) is 1. The molecule has 0 aliphatic carbocycles. The van der Waals surface area contributed by atoms with Crippen molar-refractivity contribution in [3.8, 4) is 0 Å². The van der Waals surface area contributed by atoms with Gasteiger partial charge in [0.05, 0.1) is 4.92 Å². The van der Waals surface area contributed by atoms with Gasteiger partial charge >= 0.3 is 18.2 Å². The lowest BCUT2D eigenvalue weighted by atomic mass is 10.1. The normalized spacial score (nSPS) is 11.8. The zero-order valence-corrected chi connectivity index (χ0v) is 17.2. The van der Waals surface area contributed by atoms with Crippen LogP contribution in [0, 0.1) is 10.1 Å². The molecule has 0 heterocycles. The number of ether oxygens (including phenoxy) is 2. The molecule has 1 unspecified atom stereocenters. The maximum absolute atomic E-state index is 11.7. The van der Waals surface area contributed by atoms with E-state index < -0.39 is 34.7 Å². The summed E-state index contributed by atoms with van der Waals surface area (Å²) in [6, 6.07) is 4.54. The van der Waals surface area contributed by atoms with E-state index in [0.717, 1.165) is 0 Å². The zero-order valence-electron chi connectivity index (χ0n) is 17.2. The fourth-order valence-electron chi connectivity index (χ4n) is 2.28. The number of nitro benzene ring substituents is 1. The van der Waals surface area contributed by atoms with Gasteiger partial charge in [-0.05, 0) is 57.7 Å². The van der Waals surface area contributed by atoms with Crippen molar-refractivity contribution in [2.75, 3.05) is 6.54 Å². The fraction of sp³-hybridized carbons (Fsp3) is 0.526. The molecule has 1 aromatic rings. The van der Waals surface area contributed by atoms with Gasteiger partial charge in [0.15, 0.2) is 0 Å². The molecular formula is C19H27N3O8. The molecule has 11 nitrogen and oxygen atoms in total. The van der Waals surface area contributed by atoms with Crippen molar-refractivity contribution in [2.24, 2.45) is 0 Å². The van der Waals surface area contributed by atoms with Crippen molar-refractivity contribution in [1.82, 2.24) is 10.6 Å². The Bertz CT molecular complexity index is 743. The van der Waals surface area contributed by atoms with Gasteiger partial charge in [-0.25, -0.2) is 14.4 Å². The van der Waals surface area contributed by atoms with Gasteiger partial charge in [-0.3, -0.25) is 10.1 Å². The number of amides is 2. The van der Waals surface area contributed by atoms with E-state index in [1.165, 1.54) is 24.3 Å². The molecule has 1 atom stereocenters. The largest absolute Gasteiger partial charge is 0.480 e. The van der Waals surface area contributed by atoms with Crippen molar-refractivity contribution >= 4 is 23.8 Å². The second-order valence-corrected chi connectivity index (χ2v) is 7.46. The second-order valence-electron chi connectivity index (χ2n) is 7.46. The molecule has 0 aromatic heterocycles. The van der Waals surface area contributed by atoms with Crippen LogP contribution < -0.4 is 10.6 Å². The molecule has 0 spiro atoms. The molecule has 0 saturated heterocycles. The van der Waals surface area contributed by atoms with Gasteiger partial charge in [-0.1, -0.05) is 0 Å². The van der Waals surface area contributed by atoms with E-state index in [-0.39, 0.29) is 25.3 Å². The average Bonchev–Trinajstić information content (AvgIpc) is 2.63. The van der Waals surface area contributed by atoms with Crippen LogP contribution in [0.3, 0.4) is 0 Å². The number of alkyl carbamates (subject to hydrolysis) is 2. The molecule has 1 rings (SSSR count). The number of rotatable bonds is 10. The maximum atomic E-state index is 11.7. The minimum atomic E-state index is -1.17. The number of benzene rings is 1. The summed E-state index contributed by atoms with van der Waals surface area (Å²) >= 11 is 0. The standard InChI is InChI=1S/C19H27N3O8/c1-19(2,3)30-18(26)21-15(16(23)24)6-4-5-11-20-17(25)29-12-13-7-9-14(10-8-13)22(27)28/h7-10,15H,4-6,11-12H2,1-3H3,(H,20,25)(H,21,26)(H,23,24). The third-order valence-corrected chi connectivity index (χ3v) is 3.70. The minimum absolute atomic E-state index is 0.0370. The summed E-state index contributed by atoms with van der Waals surface area (Å²) in [4.78, 5) is 44.7. The summed E-state index contributed by atoms with van der Waals surface area (Å²) in [6.07, 6.45) is -0.367. The number of hydrogen-bond donors (Lipinski definition) is 3. The number of unbranched alkanes of at least 4 members (excludes halogenated alkanes) is 1. The van der Waals surface area contributed by atoms with Crippen LogP contribution >= 0.6 is 0 Å². The predicted molar refractivity (Wildman–Crippen MR) is 106 cm³/mol. The lowest BCUT2D eigenvalue weighted by Crippen LogP contribution is -2.43. The third kappa shape index (κ3) is 10.2. The molecule has 0 radical (unpaired) electrons. The first kappa shape index (κ1) is 24.7. The number of nitrogens with one attached hydrogen (secondary N) is 2. The predicted octanol–water partition coefficient (Wildman–Crippen LogP) is 2.97. The molecule has 0 saturated carbocycles. The van der Waals surface area contributed by atoms with Crippen molar-refractivity contribution in [3.63, 3.8) is 0 Å². The molecule has 3 N–H and O–H groups in total. The lowest BCUT2D eigenvalue weighted by Gasteiger charge is -2.22. The van der Waals surface area contributed by atoms with Crippen LogP contribution in [0.1, 0.15) is 45.6 Å². The zero-order chi connectivity index (χ0) is 22.7. The van der Waals surface area contributed by atoms with Crippen molar-refractivity contribution < 1.29 is 33.9 Å². The van der Waals surface area contributed by atoms with E-state index in [1.54, 1.807) is 20.8 Å². The molecule has 0 aliphatic heterocycles. The minimum Gasteiger partial charge on any atom is -0.480 e. The van der Waals surface area contributed by atoms with Gasteiger partial charge in [0, 0.05) is 18.7 Å². The van der Waals surface area contributed by atoms with Crippen molar-refractivity contribution in [2.45, 2.75) is 58.3 Å². The monoisotopic (exact) mass is 425 g/mol. The van der Waals surface area contributed by atoms with Crippen LogP contribution in [-0.2, 0) is 20.9 Å². The van der Waals surface area contributed by atoms with Crippen molar-refractivity contribution in [1.29, 1.82) is 0 Å². The summed E-state index contributed by atoms with van der Waals surface area (Å²) in [5.74, 6) is -1.17. The first-order valence-electron chi connectivity index (χ1n) is 9.34. The Balaban J connectivity index is 2.26. The van der Waals surface area contributed by atoms with E-state index >= 15 is 0 Å². The Hall–Kier alpha value is -3.37. The van der Waals surface area contributed by atoms with E-state index in [9.17, 15) is 29.6 Å². The van der Waals surface area contributed by atoms with E-state index in [4.69, 9.17) is 9.47 Å². The van der Waals surface area contributed by atoms with Crippen LogP contribution in [0.4, 0.5) is 15.3 Å². The number of aliphatic carboxylic acids is 1. The smallest absolute Gasteiger partial charge is 0.408 e. The number of carbonyl (C=O) groups excluding carboxylic acids is 2. The van der Waals surface area contributed by atoms with Gasteiger partial charge in [-0.2, -0.15) is 0 Å². The highest BCUT2D eigenvalue weighted by molar-refractivity contribution is 5.79. The second kappa shape index (κ2) is 11.6. The number of nitrogens with zero attached hydrogens (tertiary/aromatic N) is 1. The number of hydrogen-bond acceptors (Lipinski definition) is 7. The number of carboxylic acids is 1. The molecule has 166 valence electrons. The lowest BCUT2D eigenvalue weighted by molar-refractivity contribution is -0.384. The Labute approximate surface area is 173 Å². The third-order valence-electron chi connectivity index (χ3n) is 3.70. The van der Waals surface area contributed by atoms with Crippen LogP contribution in [0.2, 0.25) is 0 Å². The summed E-state index contributed by atoms with van der Waals surface area (Å²) in [5, 5.41) is 24.6. The maximum Gasteiger partial charge on any atom is 0.408 e. The molecule has 2 amide bonds. The molecule has 11 heteroatoms. The Morgan fingerprint density at radius 3 is 2.30 bits per heavy atom. The van der Waals surface area contributed by atoms with Gasteiger partial charge in [0.2, 0.25) is 0 Å². The summed E-state index contributed by atoms with van der Waals surface area (Å²) in [6.45, 7) is 5.25. The first-order chi connectivity index (χ1) is 14.0. The highest BCUT2D eigenvalue weighted by Gasteiger charge is 2.23. The topological polar surface area (TPSA) is 157 Å². The first-order valence-corrected chi connectivity index (χ1v) is 9.34. The van der Waals surface area contributed by atoms with Crippen LogP contribution in [0.25, 0.3) is 0 Å². The summed E-state index contributed by atoms with van der Waals surface area (Å²) < 4.78 is 10.0. The van der Waals surface area contributed by atoms with Crippen LogP contribution in [0.5, 0.6) is 0 Å². The molecule has 0 bridgehead atoms. The Morgan fingerprint density at radius 2 is 1.77 bits per heavy atom. The quantitative estimate of drug-likeness (QED) is 0.293. The fourth-order valence-corrected chi connectivity index (χ4v) is 2.28. The highest BCUT2D eigenvalue weighted by Crippen LogP contribution is 2.12. The Morgan fingerprint density at radius 1 is 1.13 bits per heavy atom. The summed E-state index contributed by atoms with van der Waals surface area (Å²) in [5.41, 5.74) is -0.177. The molecular weight excluding hydrogens is 398 g/mol. The van der Waals surface area contributed by atoms with Crippen molar-refractivity contribution in [3.05, 3.63) is 39.9 Å². The molecule has 30 heavy (non-hydrogen) atoms. The van der Waals surface area contributed by atoms with Gasteiger partial charge in [0.1, 0.15) is 18.2 Å². The van der Waals surface area contributed by atoms with E-state index in [1.807, 2.05) is 0 Å². The molecule has 1 aromatic carbocycles. The van der Waals surface area contributed by atoms with Gasteiger partial charge in [0.25, 0.3) is 5.69 Å². The van der Waals surface area contributed by atoms with Gasteiger partial charge in [-0.15, -0.1) is 0 Å². The highest BCUT2D eigenvalue weighted by atomic mass is 16.6. The van der Waals surface area contributed by atoms with E-state index in [2.05, 4.69) is 10.6 Å². The molecule has 0 fully saturated rings. The summed E-state index contributed by atoms with van der Waals surface area (Å²) in [7, 11) is 0. The van der Waals surface area contributed by atoms with Crippen LogP contribution in [0.15, 0.2) is 24.3 Å². The van der Waals surface area contributed by atoms with Crippen LogP contribution in [-0.4, -0.2) is 46.4 Å². The number of nitro groups is 1. The molecule has 0 aliphatic rings.